The fraction of sp³-hybridized carbons (Fsp3) is 0.444. The van der Waals surface area contributed by atoms with Gasteiger partial charge in [-0.05, 0) is 0 Å². The van der Waals surface area contributed by atoms with E-state index in [-0.39, 0.29) is 17.7 Å². The van der Waals surface area contributed by atoms with Gasteiger partial charge in [0.25, 0.3) is 5.24 Å². The van der Waals surface area contributed by atoms with Gasteiger partial charge in [0.15, 0.2) is 0 Å². The Balaban J connectivity index is 1.86. The van der Waals surface area contributed by atoms with Gasteiger partial charge in [0.2, 0.25) is 5.91 Å². The van der Waals surface area contributed by atoms with E-state index < -0.39 is 0 Å². The second-order valence-corrected chi connectivity index (χ2v) is 4.53. The normalized spacial score (nSPS) is 15.6. The van der Waals surface area contributed by atoms with Crippen LogP contribution in [0.1, 0.15) is 0 Å². The molecule has 0 bridgehead atoms. The Labute approximate surface area is 97.0 Å². The molecule has 0 saturated carbocycles. The molecular weight excluding hydrogens is 228 g/mol. The number of nitrogens with one attached hydrogen (secondary N) is 1. The predicted octanol–water partition coefficient (Wildman–Crippen LogP) is 0.527. The van der Waals surface area contributed by atoms with Crippen LogP contribution in [-0.2, 0) is 11.8 Å². The summed E-state index contributed by atoms with van der Waals surface area (Å²) < 4.78 is 1.60. The monoisotopic (exact) mass is 240 g/mol. The third-order valence-electron chi connectivity index (χ3n) is 2.17. The van der Waals surface area contributed by atoms with E-state index in [1.165, 1.54) is 16.7 Å². The van der Waals surface area contributed by atoms with Crippen LogP contribution in [0.25, 0.3) is 0 Å². The minimum absolute atomic E-state index is 0.0265. The number of thioether (sulfide) groups is 1. The van der Waals surface area contributed by atoms with E-state index in [0.29, 0.717) is 12.2 Å². The van der Waals surface area contributed by atoms with E-state index in [4.69, 9.17) is 0 Å². The summed E-state index contributed by atoms with van der Waals surface area (Å²) in [5, 5.41) is 6.59. The van der Waals surface area contributed by atoms with Crippen molar-refractivity contribution < 1.29 is 9.59 Å². The maximum absolute atomic E-state index is 11.6. The molecule has 2 amide bonds. The average Bonchev–Trinajstić information content (AvgIpc) is 2.77. The molecule has 2 rings (SSSR count). The number of nitrogens with zero attached hydrogens (tertiary/aromatic N) is 3. The molecule has 0 atom stereocenters. The zero-order valence-electron chi connectivity index (χ0n) is 8.84. The predicted molar refractivity (Wildman–Crippen MR) is 61.3 cm³/mol. The van der Waals surface area contributed by atoms with Crippen LogP contribution in [0.15, 0.2) is 12.4 Å². The van der Waals surface area contributed by atoms with E-state index in [0.717, 1.165) is 5.75 Å². The molecule has 0 aromatic carbocycles. The number of aryl methyl sites for hydroxylation is 1. The van der Waals surface area contributed by atoms with E-state index >= 15 is 0 Å². The zero-order valence-corrected chi connectivity index (χ0v) is 9.66. The van der Waals surface area contributed by atoms with Crippen LogP contribution in [0.3, 0.4) is 0 Å². The summed E-state index contributed by atoms with van der Waals surface area (Å²) in [6.07, 6.45) is 3.27. The van der Waals surface area contributed by atoms with Gasteiger partial charge in [-0.25, -0.2) is 0 Å². The second-order valence-electron chi connectivity index (χ2n) is 3.49. The Hall–Kier alpha value is -1.50. The van der Waals surface area contributed by atoms with Gasteiger partial charge >= 0.3 is 0 Å². The number of carbonyl (C=O) groups excluding carboxylic acids is 2. The van der Waals surface area contributed by atoms with Gasteiger partial charge < -0.3 is 10.2 Å². The Kier molecular flexibility index (Phi) is 3.14. The van der Waals surface area contributed by atoms with Gasteiger partial charge in [-0.15, -0.1) is 0 Å². The molecule has 0 unspecified atom stereocenters. The summed E-state index contributed by atoms with van der Waals surface area (Å²) in [4.78, 5) is 24.4. The first-order valence-corrected chi connectivity index (χ1v) is 5.84. The van der Waals surface area contributed by atoms with E-state index in [9.17, 15) is 9.59 Å². The van der Waals surface area contributed by atoms with Crippen LogP contribution in [-0.4, -0.2) is 44.7 Å². The van der Waals surface area contributed by atoms with Crippen LogP contribution in [0.2, 0.25) is 0 Å². The lowest BCUT2D eigenvalue weighted by atomic mass is 10.4. The van der Waals surface area contributed by atoms with Crippen LogP contribution in [0.4, 0.5) is 10.5 Å². The fourth-order valence-corrected chi connectivity index (χ4v) is 2.25. The Morgan fingerprint density at radius 2 is 2.50 bits per heavy atom. The first-order chi connectivity index (χ1) is 7.65. The third-order valence-corrected chi connectivity index (χ3v) is 3.06. The first-order valence-electron chi connectivity index (χ1n) is 4.85. The van der Waals surface area contributed by atoms with Gasteiger partial charge in [0, 0.05) is 25.5 Å². The largest absolute Gasteiger partial charge is 0.323 e. The van der Waals surface area contributed by atoms with Crippen LogP contribution < -0.4 is 5.32 Å². The first kappa shape index (κ1) is 11.0. The van der Waals surface area contributed by atoms with Gasteiger partial charge in [0.1, 0.15) is 6.54 Å². The average molecular weight is 240 g/mol. The van der Waals surface area contributed by atoms with Gasteiger partial charge in [0.05, 0.1) is 11.9 Å². The minimum atomic E-state index is -0.191. The molecule has 1 N–H and O–H groups in total. The highest BCUT2D eigenvalue weighted by atomic mass is 32.2. The van der Waals surface area contributed by atoms with Crippen molar-refractivity contribution in [2.75, 3.05) is 24.2 Å². The van der Waals surface area contributed by atoms with Gasteiger partial charge in [-0.1, -0.05) is 11.8 Å². The third kappa shape index (κ3) is 2.54. The maximum Gasteiger partial charge on any atom is 0.282 e. The summed E-state index contributed by atoms with van der Waals surface area (Å²) in [5.74, 6) is 0.572. The molecule has 1 aromatic rings. The van der Waals surface area contributed by atoms with Crippen molar-refractivity contribution in [3.8, 4) is 0 Å². The molecule has 16 heavy (non-hydrogen) atoms. The van der Waals surface area contributed by atoms with Crippen molar-refractivity contribution in [1.29, 1.82) is 0 Å². The number of amides is 2. The highest BCUT2D eigenvalue weighted by Crippen LogP contribution is 2.16. The summed E-state index contributed by atoms with van der Waals surface area (Å²) >= 11 is 1.25. The molecule has 1 aromatic heterocycles. The number of rotatable bonds is 3. The Morgan fingerprint density at radius 3 is 3.06 bits per heavy atom. The summed E-state index contributed by atoms with van der Waals surface area (Å²) in [7, 11) is 1.77. The Bertz CT molecular complexity index is 417. The van der Waals surface area contributed by atoms with Gasteiger partial charge in [-0.2, -0.15) is 5.10 Å². The second kappa shape index (κ2) is 4.56. The van der Waals surface area contributed by atoms with Crippen LogP contribution in [0.5, 0.6) is 0 Å². The molecule has 1 aliphatic heterocycles. The SMILES string of the molecule is Cn1cc(NC(=O)CN2CCSC2=O)cn1. The number of carbonyl (C=O) groups is 2. The summed E-state index contributed by atoms with van der Waals surface area (Å²) in [5.41, 5.74) is 0.645. The topological polar surface area (TPSA) is 67.2 Å². The number of anilines is 1. The molecule has 7 heteroatoms. The molecule has 0 aliphatic carbocycles. The summed E-state index contributed by atoms with van der Waals surface area (Å²) in [6, 6.07) is 0. The molecule has 1 fully saturated rings. The molecule has 1 aliphatic rings. The standard InChI is InChI=1S/C9H12N4O2S/c1-12-5-7(4-10-12)11-8(14)6-13-2-3-16-9(13)15/h4-5H,2-3,6H2,1H3,(H,11,14). The molecule has 1 saturated heterocycles. The van der Waals surface area contributed by atoms with Gasteiger partial charge in [-0.3, -0.25) is 14.3 Å². The maximum atomic E-state index is 11.6. The smallest absolute Gasteiger partial charge is 0.282 e. The lowest BCUT2D eigenvalue weighted by Crippen LogP contribution is -2.33. The lowest BCUT2D eigenvalue weighted by Gasteiger charge is -2.13. The van der Waals surface area contributed by atoms with Crippen molar-refractivity contribution in [2.45, 2.75) is 0 Å². The molecule has 86 valence electrons. The Morgan fingerprint density at radius 1 is 1.69 bits per heavy atom. The number of hydrogen-bond donors (Lipinski definition) is 1. The zero-order chi connectivity index (χ0) is 11.5. The van der Waals surface area contributed by atoms with E-state index in [2.05, 4.69) is 10.4 Å². The highest BCUT2D eigenvalue weighted by molar-refractivity contribution is 8.13. The van der Waals surface area contributed by atoms with Crippen LogP contribution >= 0.6 is 11.8 Å². The van der Waals surface area contributed by atoms with E-state index in [1.807, 2.05) is 0 Å². The number of aromatic nitrogens is 2. The van der Waals surface area contributed by atoms with Crippen molar-refractivity contribution >= 4 is 28.6 Å². The lowest BCUT2D eigenvalue weighted by molar-refractivity contribution is -0.116. The molecule has 2 heterocycles. The molecular formula is C9H12N4O2S. The van der Waals surface area contributed by atoms with Crippen molar-refractivity contribution in [3.05, 3.63) is 12.4 Å². The van der Waals surface area contributed by atoms with Crippen LogP contribution in [0, 0.1) is 0 Å². The molecule has 6 nitrogen and oxygen atoms in total. The number of hydrogen-bond acceptors (Lipinski definition) is 4. The summed E-state index contributed by atoms with van der Waals surface area (Å²) in [6.45, 7) is 0.755. The van der Waals surface area contributed by atoms with Crippen molar-refractivity contribution in [3.63, 3.8) is 0 Å². The molecule has 0 spiro atoms. The highest BCUT2D eigenvalue weighted by Gasteiger charge is 2.23. The quantitative estimate of drug-likeness (QED) is 0.836. The minimum Gasteiger partial charge on any atom is -0.323 e. The van der Waals surface area contributed by atoms with E-state index in [1.54, 1.807) is 24.1 Å². The molecule has 0 radical (unpaired) electrons. The fourth-order valence-electron chi connectivity index (χ4n) is 1.43. The van der Waals surface area contributed by atoms with Crippen molar-refractivity contribution in [1.82, 2.24) is 14.7 Å². The van der Waals surface area contributed by atoms with Crippen molar-refractivity contribution in [2.24, 2.45) is 7.05 Å².